The van der Waals surface area contributed by atoms with E-state index in [2.05, 4.69) is 32.6 Å². The van der Waals surface area contributed by atoms with Crippen LogP contribution in [0.5, 0.6) is 0 Å². The average molecular weight is 341 g/mol. The van der Waals surface area contributed by atoms with Crippen LogP contribution in [0.2, 0.25) is 0 Å². The van der Waals surface area contributed by atoms with Gasteiger partial charge in [-0.05, 0) is 47.6 Å². The van der Waals surface area contributed by atoms with E-state index in [1.807, 2.05) is 22.9 Å². The maximum atomic E-state index is 9.83. The van der Waals surface area contributed by atoms with Crippen molar-refractivity contribution in [1.82, 2.24) is 25.1 Å². The SMILES string of the molecule is OC[C@@H]1CC[C@@H](c2nnnn2Cc2ccccc2)N1CC1CCCC1. The molecule has 1 aliphatic heterocycles. The molecule has 0 amide bonds. The largest absolute Gasteiger partial charge is 0.395 e. The highest BCUT2D eigenvalue weighted by atomic mass is 16.3. The van der Waals surface area contributed by atoms with Gasteiger partial charge >= 0.3 is 0 Å². The second-order valence-corrected chi connectivity index (χ2v) is 7.46. The van der Waals surface area contributed by atoms with E-state index in [0.717, 1.165) is 31.1 Å². The van der Waals surface area contributed by atoms with Crippen LogP contribution in [0.1, 0.15) is 56.0 Å². The minimum atomic E-state index is 0.219. The highest BCUT2D eigenvalue weighted by molar-refractivity contribution is 5.15. The Labute approximate surface area is 148 Å². The van der Waals surface area contributed by atoms with Crippen LogP contribution in [0.25, 0.3) is 0 Å². The van der Waals surface area contributed by atoms with E-state index in [4.69, 9.17) is 0 Å². The summed E-state index contributed by atoms with van der Waals surface area (Å²) in [7, 11) is 0. The second-order valence-electron chi connectivity index (χ2n) is 7.46. The van der Waals surface area contributed by atoms with Crippen molar-refractivity contribution in [2.75, 3.05) is 13.2 Å². The van der Waals surface area contributed by atoms with Crippen molar-refractivity contribution in [3.63, 3.8) is 0 Å². The number of benzene rings is 1. The molecule has 0 unspecified atom stereocenters. The molecule has 2 heterocycles. The zero-order chi connectivity index (χ0) is 17.1. The molecule has 2 aromatic rings. The van der Waals surface area contributed by atoms with Crippen LogP contribution in [0, 0.1) is 5.92 Å². The van der Waals surface area contributed by atoms with Crippen LogP contribution in [-0.4, -0.2) is 49.4 Å². The van der Waals surface area contributed by atoms with Gasteiger partial charge in [0, 0.05) is 12.6 Å². The zero-order valence-corrected chi connectivity index (χ0v) is 14.7. The van der Waals surface area contributed by atoms with Gasteiger partial charge in [0.05, 0.1) is 19.2 Å². The molecule has 2 atom stereocenters. The lowest BCUT2D eigenvalue weighted by Gasteiger charge is -2.31. The van der Waals surface area contributed by atoms with Gasteiger partial charge in [-0.2, -0.15) is 0 Å². The Hall–Kier alpha value is -1.79. The van der Waals surface area contributed by atoms with E-state index in [-0.39, 0.29) is 18.7 Å². The summed E-state index contributed by atoms with van der Waals surface area (Å²) >= 11 is 0. The highest BCUT2D eigenvalue weighted by Crippen LogP contribution is 2.37. The van der Waals surface area contributed by atoms with Crippen LogP contribution in [0.4, 0.5) is 0 Å². The molecule has 0 spiro atoms. The first-order chi connectivity index (χ1) is 12.3. The van der Waals surface area contributed by atoms with E-state index in [1.165, 1.54) is 31.2 Å². The molecule has 1 saturated carbocycles. The molecular formula is C19H27N5O. The molecule has 6 heteroatoms. The third kappa shape index (κ3) is 3.60. The molecule has 1 saturated heterocycles. The summed E-state index contributed by atoms with van der Waals surface area (Å²) in [5, 5.41) is 22.4. The fourth-order valence-electron chi connectivity index (χ4n) is 4.50. The number of rotatable bonds is 6. The summed E-state index contributed by atoms with van der Waals surface area (Å²) in [5.74, 6) is 1.70. The maximum Gasteiger partial charge on any atom is 0.168 e. The van der Waals surface area contributed by atoms with Crippen molar-refractivity contribution in [3.8, 4) is 0 Å². The van der Waals surface area contributed by atoms with Gasteiger partial charge in [-0.25, -0.2) is 4.68 Å². The predicted molar refractivity (Wildman–Crippen MR) is 94.9 cm³/mol. The van der Waals surface area contributed by atoms with Crippen LogP contribution in [-0.2, 0) is 6.54 Å². The van der Waals surface area contributed by atoms with E-state index in [1.54, 1.807) is 0 Å². The van der Waals surface area contributed by atoms with Crippen molar-refractivity contribution in [2.24, 2.45) is 5.92 Å². The Kier molecular flexibility index (Phi) is 5.08. The Bertz CT molecular complexity index is 667. The van der Waals surface area contributed by atoms with Gasteiger partial charge < -0.3 is 5.11 Å². The first-order valence-corrected chi connectivity index (χ1v) is 9.51. The Morgan fingerprint density at radius 2 is 1.84 bits per heavy atom. The molecular weight excluding hydrogens is 314 g/mol. The molecule has 0 radical (unpaired) electrons. The summed E-state index contributed by atoms with van der Waals surface area (Å²) in [4.78, 5) is 2.48. The van der Waals surface area contributed by atoms with Gasteiger partial charge in [0.2, 0.25) is 0 Å². The zero-order valence-electron chi connectivity index (χ0n) is 14.7. The van der Waals surface area contributed by atoms with Crippen LogP contribution in [0.15, 0.2) is 30.3 Å². The van der Waals surface area contributed by atoms with Gasteiger partial charge in [0.1, 0.15) is 0 Å². The lowest BCUT2D eigenvalue weighted by Crippen LogP contribution is -2.38. The minimum Gasteiger partial charge on any atom is -0.395 e. The molecule has 1 aliphatic carbocycles. The van der Waals surface area contributed by atoms with Crippen LogP contribution in [0.3, 0.4) is 0 Å². The van der Waals surface area contributed by atoms with Crippen molar-refractivity contribution in [3.05, 3.63) is 41.7 Å². The first-order valence-electron chi connectivity index (χ1n) is 9.51. The average Bonchev–Trinajstić information content (AvgIpc) is 3.37. The summed E-state index contributed by atoms with van der Waals surface area (Å²) in [6, 6.07) is 10.8. The number of hydrogen-bond acceptors (Lipinski definition) is 5. The summed E-state index contributed by atoms with van der Waals surface area (Å²) in [5.41, 5.74) is 1.20. The second kappa shape index (κ2) is 7.62. The van der Waals surface area contributed by atoms with Gasteiger partial charge in [-0.3, -0.25) is 4.90 Å². The van der Waals surface area contributed by atoms with E-state index in [9.17, 15) is 5.11 Å². The number of aromatic nitrogens is 4. The van der Waals surface area contributed by atoms with Gasteiger partial charge in [0.15, 0.2) is 5.82 Å². The van der Waals surface area contributed by atoms with E-state index >= 15 is 0 Å². The Morgan fingerprint density at radius 1 is 1.04 bits per heavy atom. The quantitative estimate of drug-likeness (QED) is 0.874. The van der Waals surface area contributed by atoms with Crippen molar-refractivity contribution < 1.29 is 5.11 Å². The number of hydrogen-bond donors (Lipinski definition) is 1. The summed E-state index contributed by atoms with van der Waals surface area (Å²) < 4.78 is 1.93. The van der Waals surface area contributed by atoms with Crippen molar-refractivity contribution >= 4 is 0 Å². The number of likely N-dealkylation sites (tertiary alicyclic amines) is 1. The topological polar surface area (TPSA) is 67.1 Å². The number of aliphatic hydroxyl groups is 1. The molecule has 1 N–H and O–H groups in total. The summed E-state index contributed by atoms with van der Waals surface area (Å²) in [6.07, 6.45) is 7.36. The molecule has 2 aliphatic rings. The molecule has 1 aromatic heterocycles. The maximum absolute atomic E-state index is 9.83. The minimum absolute atomic E-state index is 0.219. The number of aliphatic hydroxyl groups excluding tert-OH is 1. The fourth-order valence-corrected chi connectivity index (χ4v) is 4.50. The third-order valence-corrected chi connectivity index (χ3v) is 5.83. The normalized spacial score (nSPS) is 25.0. The third-order valence-electron chi connectivity index (χ3n) is 5.83. The van der Waals surface area contributed by atoms with Crippen LogP contribution < -0.4 is 0 Å². The molecule has 2 fully saturated rings. The molecule has 4 rings (SSSR count). The van der Waals surface area contributed by atoms with Gasteiger partial charge in [-0.15, -0.1) is 5.10 Å². The highest BCUT2D eigenvalue weighted by Gasteiger charge is 2.38. The Balaban J connectivity index is 1.54. The van der Waals surface area contributed by atoms with Crippen molar-refractivity contribution in [1.29, 1.82) is 0 Å². The standard InChI is InChI=1S/C19H27N5O/c25-14-17-10-11-18(23(17)12-15-8-4-5-9-15)19-20-21-22-24(19)13-16-6-2-1-3-7-16/h1-3,6-7,15,17-18,25H,4-5,8-14H2/t17-,18-/m0/s1. The monoisotopic (exact) mass is 341 g/mol. The van der Waals surface area contributed by atoms with E-state index < -0.39 is 0 Å². The van der Waals surface area contributed by atoms with Crippen molar-refractivity contribution in [2.45, 2.75) is 57.2 Å². The lowest BCUT2D eigenvalue weighted by atomic mass is 10.1. The lowest BCUT2D eigenvalue weighted by molar-refractivity contribution is 0.107. The summed E-state index contributed by atoms with van der Waals surface area (Å²) in [6.45, 7) is 1.98. The van der Waals surface area contributed by atoms with Crippen LogP contribution >= 0.6 is 0 Å². The molecule has 1 aromatic carbocycles. The number of tetrazole rings is 1. The van der Waals surface area contributed by atoms with Gasteiger partial charge in [-0.1, -0.05) is 43.2 Å². The van der Waals surface area contributed by atoms with E-state index in [0.29, 0.717) is 6.54 Å². The first kappa shape index (κ1) is 16.7. The number of nitrogens with zero attached hydrogens (tertiary/aromatic N) is 5. The smallest absolute Gasteiger partial charge is 0.168 e. The molecule has 6 nitrogen and oxygen atoms in total. The Morgan fingerprint density at radius 3 is 2.60 bits per heavy atom. The van der Waals surface area contributed by atoms with Gasteiger partial charge in [0.25, 0.3) is 0 Å². The molecule has 134 valence electrons. The predicted octanol–water partition coefficient (Wildman–Crippen LogP) is 2.41. The molecule has 25 heavy (non-hydrogen) atoms. The molecule has 0 bridgehead atoms. The fraction of sp³-hybridized carbons (Fsp3) is 0.632.